The van der Waals surface area contributed by atoms with Gasteiger partial charge in [-0.1, -0.05) is 6.07 Å². The number of aromatic nitrogens is 2. The number of methoxy groups -OCH3 is 1. The Labute approximate surface area is 140 Å². The zero-order valence-corrected chi connectivity index (χ0v) is 14.2. The number of rotatable bonds is 5. The van der Waals surface area contributed by atoms with Crippen LogP contribution in [0.5, 0.6) is 5.75 Å². The molecule has 1 aromatic heterocycles. The molecule has 3 rings (SSSR count). The predicted octanol–water partition coefficient (Wildman–Crippen LogP) is 2.71. The van der Waals surface area contributed by atoms with Gasteiger partial charge >= 0.3 is 0 Å². The van der Waals surface area contributed by atoms with E-state index in [9.17, 15) is 4.79 Å². The van der Waals surface area contributed by atoms with Crippen LogP contribution in [0.15, 0.2) is 35.4 Å². The first-order valence-electron chi connectivity index (χ1n) is 7.74. The molecule has 0 aliphatic heterocycles. The van der Waals surface area contributed by atoms with Crippen molar-refractivity contribution in [2.24, 2.45) is 7.05 Å². The lowest BCUT2D eigenvalue weighted by Crippen LogP contribution is -2.32. The van der Waals surface area contributed by atoms with E-state index in [1.807, 2.05) is 42.2 Å². The summed E-state index contributed by atoms with van der Waals surface area (Å²) >= 11 is 1.52. The van der Waals surface area contributed by atoms with Crippen molar-refractivity contribution in [3.8, 4) is 5.75 Å². The molecule has 0 spiro atoms. The largest absolute Gasteiger partial charge is 0.497 e. The van der Waals surface area contributed by atoms with Crippen molar-refractivity contribution in [2.75, 3.05) is 12.9 Å². The number of carbonyl (C=O) groups excluding carboxylic acids is 1. The first kappa shape index (κ1) is 15.9. The topological polar surface area (TPSA) is 56.1 Å². The zero-order chi connectivity index (χ0) is 16.2. The van der Waals surface area contributed by atoms with Crippen LogP contribution in [0.25, 0.3) is 0 Å². The van der Waals surface area contributed by atoms with Gasteiger partial charge in [0.2, 0.25) is 5.91 Å². The average molecular weight is 331 g/mol. The molecule has 6 heteroatoms. The summed E-state index contributed by atoms with van der Waals surface area (Å²) in [4.78, 5) is 13.3. The number of nitrogens with one attached hydrogen (secondary N) is 1. The Morgan fingerprint density at radius 3 is 3.22 bits per heavy atom. The van der Waals surface area contributed by atoms with Crippen LogP contribution >= 0.6 is 11.8 Å². The van der Waals surface area contributed by atoms with Gasteiger partial charge in [-0.3, -0.25) is 9.48 Å². The van der Waals surface area contributed by atoms with Crippen LogP contribution in [0.2, 0.25) is 0 Å². The lowest BCUT2D eigenvalue weighted by atomic mass is 9.93. The van der Waals surface area contributed by atoms with Crippen LogP contribution < -0.4 is 10.1 Å². The summed E-state index contributed by atoms with van der Waals surface area (Å²) in [6.45, 7) is 0. The van der Waals surface area contributed by atoms with E-state index in [1.165, 1.54) is 23.0 Å². The van der Waals surface area contributed by atoms with Crippen molar-refractivity contribution in [1.29, 1.82) is 0 Å². The molecule has 1 unspecified atom stereocenters. The van der Waals surface area contributed by atoms with Crippen molar-refractivity contribution in [3.05, 3.63) is 41.7 Å². The Morgan fingerprint density at radius 2 is 2.39 bits per heavy atom. The number of amides is 1. The van der Waals surface area contributed by atoms with Crippen LogP contribution in [0, 0.1) is 0 Å². The fraction of sp³-hybridized carbons (Fsp3) is 0.412. The number of hydrogen-bond acceptors (Lipinski definition) is 4. The highest BCUT2D eigenvalue weighted by molar-refractivity contribution is 8.00. The maximum atomic E-state index is 12.3. The number of thioether (sulfide) groups is 1. The number of aryl methyl sites for hydroxylation is 1. The zero-order valence-electron chi connectivity index (χ0n) is 13.4. The van der Waals surface area contributed by atoms with E-state index in [0.29, 0.717) is 5.75 Å². The molecule has 1 amide bonds. The number of hydrogen-bond donors (Lipinski definition) is 1. The molecular weight excluding hydrogens is 310 g/mol. The van der Waals surface area contributed by atoms with Gasteiger partial charge in [-0.05, 0) is 37.5 Å². The summed E-state index contributed by atoms with van der Waals surface area (Å²) in [5.74, 6) is 1.27. The Bertz CT molecular complexity index is 699. The molecule has 5 nitrogen and oxygen atoms in total. The smallest absolute Gasteiger partial charge is 0.230 e. The van der Waals surface area contributed by atoms with Crippen LogP contribution in [0.3, 0.4) is 0 Å². The molecule has 1 N–H and O–H groups in total. The molecule has 1 aromatic carbocycles. The quantitative estimate of drug-likeness (QED) is 0.856. The molecule has 0 saturated heterocycles. The number of benzene rings is 1. The minimum atomic E-state index is 0.0551. The van der Waals surface area contributed by atoms with Gasteiger partial charge in [0, 0.05) is 23.2 Å². The lowest BCUT2D eigenvalue weighted by molar-refractivity contribution is -0.119. The van der Waals surface area contributed by atoms with Crippen molar-refractivity contribution in [2.45, 2.75) is 30.2 Å². The molecule has 0 bridgehead atoms. The molecular formula is C17H21N3O2S. The molecule has 0 radical (unpaired) electrons. The predicted molar refractivity (Wildman–Crippen MR) is 90.7 cm³/mol. The maximum absolute atomic E-state index is 12.3. The van der Waals surface area contributed by atoms with Crippen molar-refractivity contribution >= 4 is 17.7 Å². The van der Waals surface area contributed by atoms with E-state index in [4.69, 9.17) is 4.74 Å². The van der Waals surface area contributed by atoms with Gasteiger partial charge in [-0.2, -0.15) is 5.10 Å². The summed E-state index contributed by atoms with van der Waals surface area (Å²) < 4.78 is 7.12. The third-order valence-electron chi connectivity index (χ3n) is 4.12. The van der Waals surface area contributed by atoms with Crippen molar-refractivity contribution in [3.63, 3.8) is 0 Å². The van der Waals surface area contributed by atoms with Crippen LogP contribution in [0.4, 0.5) is 0 Å². The highest BCUT2D eigenvalue weighted by Crippen LogP contribution is 2.29. The van der Waals surface area contributed by atoms with E-state index in [1.54, 1.807) is 7.11 Å². The molecule has 0 saturated carbocycles. The highest BCUT2D eigenvalue weighted by atomic mass is 32.2. The lowest BCUT2D eigenvalue weighted by Gasteiger charge is -2.23. The van der Waals surface area contributed by atoms with Gasteiger partial charge in [0.15, 0.2) is 0 Å². The SMILES string of the molecule is COc1cccc(SCC(=O)NC2CCCc3c2cnn3C)c1. The first-order chi connectivity index (χ1) is 11.2. The Morgan fingerprint density at radius 1 is 1.52 bits per heavy atom. The summed E-state index contributed by atoms with van der Waals surface area (Å²) in [5.41, 5.74) is 2.40. The van der Waals surface area contributed by atoms with E-state index >= 15 is 0 Å². The molecule has 23 heavy (non-hydrogen) atoms. The average Bonchev–Trinajstić information content (AvgIpc) is 2.96. The van der Waals surface area contributed by atoms with Crippen molar-refractivity contribution in [1.82, 2.24) is 15.1 Å². The second kappa shape index (κ2) is 7.08. The van der Waals surface area contributed by atoms with E-state index in [2.05, 4.69) is 10.4 Å². The fourth-order valence-electron chi connectivity index (χ4n) is 2.93. The fourth-order valence-corrected chi connectivity index (χ4v) is 3.69. The van der Waals surface area contributed by atoms with Gasteiger partial charge in [0.05, 0.1) is 25.1 Å². The summed E-state index contributed by atoms with van der Waals surface area (Å²) in [6, 6.07) is 7.85. The summed E-state index contributed by atoms with van der Waals surface area (Å²) in [7, 11) is 3.60. The maximum Gasteiger partial charge on any atom is 0.230 e. The van der Waals surface area contributed by atoms with Gasteiger partial charge in [-0.25, -0.2) is 0 Å². The Kier molecular flexibility index (Phi) is 4.91. The van der Waals surface area contributed by atoms with Gasteiger partial charge < -0.3 is 10.1 Å². The van der Waals surface area contributed by atoms with Crippen LogP contribution in [-0.2, 0) is 18.3 Å². The minimum Gasteiger partial charge on any atom is -0.497 e. The first-order valence-corrected chi connectivity index (χ1v) is 8.73. The molecule has 1 aliphatic rings. The number of fused-ring (bicyclic) bond motifs is 1. The molecule has 122 valence electrons. The van der Waals surface area contributed by atoms with E-state index in [0.717, 1.165) is 29.9 Å². The third kappa shape index (κ3) is 3.69. The van der Waals surface area contributed by atoms with Gasteiger partial charge in [-0.15, -0.1) is 11.8 Å². The summed E-state index contributed by atoms with van der Waals surface area (Å²) in [6.07, 6.45) is 4.99. The van der Waals surface area contributed by atoms with Gasteiger partial charge in [0.1, 0.15) is 5.75 Å². The highest BCUT2D eigenvalue weighted by Gasteiger charge is 2.24. The van der Waals surface area contributed by atoms with Crippen LogP contribution in [-0.4, -0.2) is 28.6 Å². The molecule has 1 aliphatic carbocycles. The third-order valence-corrected chi connectivity index (χ3v) is 5.12. The molecule has 1 heterocycles. The second-order valence-electron chi connectivity index (χ2n) is 5.65. The molecule has 1 atom stereocenters. The Balaban J connectivity index is 1.58. The molecule has 0 fully saturated rings. The Hall–Kier alpha value is -1.95. The normalized spacial score (nSPS) is 16.7. The summed E-state index contributed by atoms with van der Waals surface area (Å²) in [5, 5.41) is 7.46. The van der Waals surface area contributed by atoms with E-state index < -0.39 is 0 Å². The standard InChI is InChI=1S/C17H21N3O2S/c1-20-16-8-4-7-15(14(16)10-18-20)19-17(21)11-23-13-6-3-5-12(9-13)22-2/h3,5-6,9-10,15H,4,7-8,11H2,1-2H3,(H,19,21). The monoisotopic (exact) mass is 331 g/mol. The number of ether oxygens (including phenoxy) is 1. The van der Waals surface area contributed by atoms with Crippen molar-refractivity contribution < 1.29 is 9.53 Å². The van der Waals surface area contributed by atoms with Gasteiger partial charge in [0.25, 0.3) is 0 Å². The minimum absolute atomic E-state index is 0.0551. The number of carbonyl (C=O) groups is 1. The second-order valence-corrected chi connectivity index (χ2v) is 6.70. The molecule has 2 aromatic rings. The van der Waals surface area contributed by atoms with E-state index in [-0.39, 0.29) is 11.9 Å². The van der Waals surface area contributed by atoms with Crippen LogP contribution in [0.1, 0.15) is 30.1 Å². The number of nitrogens with zero attached hydrogens (tertiary/aromatic N) is 2.